The Labute approximate surface area is 167 Å². The lowest BCUT2D eigenvalue weighted by atomic mass is 10.0. The number of benzene rings is 1. The monoisotopic (exact) mass is 400 g/mol. The Morgan fingerprint density at radius 1 is 1.04 bits per heavy atom. The summed E-state index contributed by atoms with van der Waals surface area (Å²) in [5.41, 5.74) is 3.04. The third kappa shape index (κ3) is 3.13. The van der Waals surface area contributed by atoms with E-state index in [0.717, 1.165) is 51.8 Å². The lowest BCUT2D eigenvalue weighted by molar-refractivity contribution is 0.387. The van der Waals surface area contributed by atoms with Gasteiger partial charge in [0.2, 0.25) is 5.13 Å². The van der Waals surface area contributed by atoms with E-state index >= 15 is 0 Å². The number of nitrogens with zero attached hydrogens (tertiary/aromatic N) is 6. The molecule has 0 amide bonds. The van der Waals surface area contributed by atoms with E-state index in [1.54, 1.807) is 16.0 Å². The van der Waals surface area contributed by atoms with Gasteiger partial charge in [0.15, 0.2) is 5.01 Å². The van der Waals surface area contributed by atoms with E-state index in [2.05, 4.69) is 38.2 Å². The molecule has 4 heterocycles. The van der Waals surface area contributed by atoms with Gasteiger partial charge in [-0.05, 0) is 36.6 Å². The molecule has 2 fully saturated rings. The fourth-order valence-electron chi connectivity index (χ4n) is 4.27. The molecule has 1 aromatic carbocycles. The predicted octanol–water partition coefficient (Wildman–Crippen LogP) is 3.26. The van der Waals surface area contributed by atoms with Gasteiger partial charge < -0.3 is 9.80 Å². The van der Waals surface area contributed by atoms with E-state index in [9.17, 15) is 0 Å². The Bertz CT molecular complexity index is 968. The van der Waals surface area contributed by atoms with Crippen LogP contribution in [0.2, 0.25) is 5.02 Å². The van der Waals surface area contributed by atoms with E-state index < -0.39 is 0 Å². The molecule has 0 spiro atoms. The van der Waals surface area contributed by atoms with Crippen molar-refractivity contribution in [2.24, 2.45) is 18.9 Å². The number of hydrogen-bond donors (Lipinski definition) is 0. The van der Waals surface area contributed by atoms with Crippen LogP contribution in [-0.2, 0) is 7.05 Å². The van der Waals surface area contributed by atoms with Crippen LogP contribution >= 0.6 is 22.9 Å². The highest BCUT2D eigenvalue weighted by Gasteiger charge is 2.39. The van der Waals surface area contributed by atoms with Gasteiger partial charge in [-0.1, -0.05) is 29.0 Å². The molecule has 5 rings (SSSR count). The first kappa shape index (κ1) is 17.2. The quantitative estimate of drug-likeness (QED) is 0.675. The topological polar surface area (TPSA) is 50.1 Å². The van der Waals surface area contributed by atoms with E-state index in [-0.39, 0.29) is 0 Å². The lowest BCUT2D eigenvalue weighted by Gasteiger charge is -2.17. The first-order valence-electron chi connectivity index (χ1n) is 9.13. The molecule has 6 nitrogen and oxygen atoms in total. The summed E-state index contributed by atoms with van der Waals surface area (Å²) in [6, 6.07) is 6.07. The SMILES string of the molecule is CN1CC2CN(c3nnc(-c4ccc(-c5cnn(C)c5)cc4Cl)s3)CC2C1. The van der Waals surface area contributed by atoms with Crippen molar-refractivity contribution < 1.29 is 0 Å². The molecule has 140 valence electrons. The van der Waals surface area contributed by atoms with Crippen molar-refractivity contribution in [3.8, 4) is 21.7 Å². The van der Waals surface area contributed by atoms with Crippen molar-refractivity contribution in [1.29, 1.82) is 0 Å². The average Bonchev–Trinajstić information content (AvgIpc) is 3.37. The summed E-state index contributed by atoms with van der Waals surface area (Å²) in [5, 5.41) is 15.7. The molecular formula is C19H21ClN6S. The maximum Gasteiger partial charge on any atom is 0.208 e. The standard InChI is InChI=1S/C19H21ClN6S/c1-24-7-14-10-26(11-15(14)8-24)19-23-22-18(27-19)16-4-3-12(5-17(16)20)13-6-21-25(2)9-13/h3-6,9,14-15H,7-8,10-11H2,1-2H3. The van der Waals surface area contributed by atoms with Crippen LogP contribution in [0.3, 0.4) is 0 Å². The summed E-state index contributed by atoms with van der Waals surface area (Å²) >= 11 is 8.21. The van der Waals surface area contributed by atoms with Gasteiger partial charge in [-0.3, -0.25) is 4.68 Å². The molecule has 0 radical (unpaired) electrons. The van der Waals surface area contributed by atoms with Crippen LogP contribution in [0.15, 0.2) is 30.6 Å². The maximum absolute atomic E-state index is 6.58. The van der Waals surface area contributed by atoms with Crippen molar-refractivity contribution >= 4 is 28.1 Å². The number of anilines is 1. The molecule has 0 bridgehead atoms. The minimum Gasteiger partial charge on any atom is -0.346 e. The van der Waals surface area contributed by atoms with Gasteiger partial charge in [0, 0.05) is 50.6 Å². The molecule has 2 unspecified atom stereocenters. The van der Waals surface area contributed by atoms with Gasteiger partial charge in [-0.25, -0.2) is 0 Å². The summed E-state index contributed by atoms with van der Waals surface area (Å²) in [5.74, 6) is 1.51. The smallest absolute Gasteiger partial charge is 0.208 e. The normalized spacial score (nSPS) is 22.6. The molecule has 0 N–H and O–H groups in total. The zero-order chi connectivity index (χ0) is 18.5. The Morgan fingerprint density at radius 2 is 1.81 bits per heavy atom. The molecule has 0 saturated carbocycles. The third-order valence-corrected chi connectivity index (χ3v) is 6.92. The molecule has 0 aliphatic carbocycles. The molecule has 2 aliphatic rings. The second-order valence-corrected chi connectivity index (χ2v) is 9.00. The van der Waals surface area contributed by atoms with Crippen LogP contribution in [0.25, 0.3) is 21.7 Å². The van der Waals surface area contributed by atoms with Crippen molar-refractivity contribution in [1.82, 2.24) is 24.9 Å². The Kier molecular flexibility index (Phi) is 4.18. The summed E-state index contributed by atoms with van der Waals surface area (Å²) in [6.45, 7) is 4.54. The zero-order valence-electron chi connectivity index (χ0n) is 15.3. The highest BCUT2D eigenvalue weighted by Crippen LogP contribution is 2.39. The highest BCUT2D eigenvalue weighted by atomic mass is 35.5. The Balaban J connectivity index is 1.37. The lowest BCUT2D eigenvalue weighted by Crippen LogP contribution is -2.26. The van der Waals surface area contributed by atoms with Crippen molar-refractivity contribution in [2.75, 3.05) is 38.1 Å². The molecule has 27 heavy (non-hydrogen) atoms. The Morgan fingerprint density at radius 3 is 2.48 bits per heavy atom. The fourth-order valence-corrected chi connectivity index (χ4v) is 5.50. The second kappa shape index (κ2) is 6.58. The van der Waals surface area contributed by atoms with Crippen molar-refractivity contribution in [2.45, 2.75) is 0 Å². The minimum atomic E-state index is 0.693. The van der Waals surface area contributed by atoms with E-state index in [4.69, 9.17) is 11.6 Å². The summed E-state index contributed by atoms with van der Waals surface area (Å²) in [4.78, 5) is 4.82. The van der Waals surface area contributed by atoms with E-state index in [1.807, 2.05) is 31.6 Å². The Hall–Kier alpha value is -1.96. The van der Waals surface area contributed by atoms with Gasteiger partial charge in [-0.2, -0.15) is 5.10 Å². The third-order valence-electron chi connectivity index (χ3n) is 5.59. The van der Waals surface area contributed by atoms with Crippen LogP contribution in [0.4, 0.5) is 5.13 Å². The van der Waals surface area contributed by atoms with Crippen molar-refractivity contribution in [3.63, 3.8) is 0 Å². The van der Waals surface area contributed by atoms with E-state index in [0.29, 0.717) is 5.02 Å². The summed E-state index contributed by atoms with van der Waals surface area (Å²) < 4.78 is 1.79. The van der Waals surface area contributed by atoms with E-state index in [1.165, 1.54) is 13.1 Å². The number of aromatic nitrogens is 4. The van der Waals surface area contributed by atoms with Gasteiger partial charge in [-0.15, -0.1) is 10.2 Å². The number of likely N-dealkylation sites (tertiary alicyclic amines) is 1. The molecule has 2 saturated heterocycles. The van der Waals surface area contributed by atoms with Gasteiger partial charge in [0.05, 0.1) is 11.2 Å². The molecule has 2 aromatic heterocycles. The number of halogens is 1. The number of fused-ring (bicyclic) bond motifs is 1. The van der Waals surface area contributed by atoms with Gasteiger partial charge >= 0.3 is 0 Å². The zero-order valence-corrected chi connectivity index (χ0v) is 16.9. The first-order chi connectivity index (χ1) is 13.1. The molecule has 2 aliphatic heterocycles. The first-order valence-corrected chi connectivity index (χ1v) is 10.3. The van der Waals surface area contributed by atoms with Crippen LogP contribution in [0.5, 0.6) is 0 Å². The predicted molar refractivity (Wildman–Crippen MR) is 109 cm³/mol. The minimum absolute atomic E-state index is 0.693. The summed E-state index contributed by atoms with van der Waals surface area (Å²) in [6.07, 6.45) is 3.83. The number of aryl methyl sites for hydroxylation is 1. The summed E-state index contributed by atoms with van der Waals surface area (Å²) in [7, 11) is 4.12. The molecule has 2 atom stereocenters. The highest BCUT2D eigenvalue weighted by molar-refractivity contribution is 7.18. The van der Waals surface area contributed by atoms with Gasteiger partial charge in [0.25, 0.3) is 0 Å². The number of hydrogen-bond acceptors (Lipinski definition) is 6. The average molecular weight is 401 g/mol. The second-order valence-electron chi connectivity index (χ2n) is 7.63. The van der Waals surface area contributed by atoms with Crippen LogP contribution in [0, 0.1) is 11.8 Å². The van der Waals surface area contributed by atoms with Crippen LogP contribution < -0.4 is 4.90 Å². The maximum atomic E-state index is 6.58. The molecule has 8 heteroatoms. The molecular weight excluding hydrogens is 380 g/mol. The van der Waals surface area contributed by atoms with Crippen LogP contribution in [-0.4, -0.2) is 58.1 Å². The fraction of sp³-hybridized carbons (Fsp3) is 0.421. The van der Waals surface area contributed by atoms with Gasteiger partial charge in [0.1, 0.15) is 0 Å². The largest absolute Gasteiger partial charge is 0.346 e. The van der Waals surface area contributed by atoms with Crippen LogP contribution in [0.1, 0.15) is 0 Å². The van der Waals surface area contributed by atoms with Crippen molar-refractivity contribution in [3.05, 3.63) is 35.6 Å². The molecule has 3 aromatic rings. The number of rotatable bonds is 3.